The average Bonchev–Trinajstić information content (AvgIpc) is 3.31. The molecule has 0 spiro atoms. The second kappa shape index (κ2) is 6.17. The van der Waals surface area contributed by atoms with E-state index in [4.69, 9.17) is 4.52 Å². The van der Waals surface area contributed by atoms with Crippen LogP contribution in [0.4, 0.5) is 4.39 Å². The lowest BCUT2D eigenvalue weighted by Gasteiger charge is -2.06. The van der Waals surface area contributed by atoms with Crippen molar-refractivity contribution in [2.45, 2.75) is 6.92 Å². The molecule has 27 heavy (non-hydrogen) atoms. The molecule has 138 valence electrons. The minimum Gasteiger partial charge on any atom is -0.332 e. The molecule has 0 radical (unpaired) electrons. The molecular formula is C15H10FN4O5PS. The van der Waals surface area contributed by atoms with Gasteiger partial charge in [0.15, 0.2) is 10.8 Å². The van der Waals surface area contributed by atoms with Crippen LogP contribution in [0, 0.1) is 12.7 Å². The van der Waals surface area contributed by atoms with Gasteiger partial charge in [0.05, 0.1) is 11.1 Å². The number of halogens is 1. The molecule has 0 bridgehead atoms. The standard InChI is InChI=1S/C15H10FN4O5PS/c1-7-17-14(25-19-7)11-6-27-15(18-11)13(21)9-5-20(26(22,23)24)12-8(9)3-2-4-10(12)16/h2-6H,1H3,(H2,22,23,24). The summed E-state index contributed by atoms with van der Waals surface area (Å²) in [5.41, 5.74) is -0.122. The van der Waals surface area contributed by atoms with Gasteiger partial charge in [-0.15, -0.1) is 11.3 Å². The molecule has 4 rings (SSSR count). The number of benzene rings is 1. The number of hydrogen-bond donors (Lipinski definition) is 2. The van der Waals surface area contributed by atoms with E-state index in [0.717, 1.165) is 23.6 Å². The van der Waals surface area contributed by atoms with Crippen LogP contribution in [0.15, 0.2) is 34.3 Å². The summed E-state index contributed by atoms with van der Waals surface area (Å²) in [4.78, 5) is 40.0. The van der Waals surface area contributed by atoms with Crippen molar-refractivity contribution in [3.8, 4) is 11.6 Å². The summed E-state index contributed by atoms with van der Waals surface area (Å²) in [5.74, 6) is -0.904. The Bertz CT molecular complexity index is 1240. The molecule has 0 aliphatic rings. The fraction of sp³-hybridized carbons (Fsp3) is 0.0667. The van der Waals surface area contributed by atoms with Crippen LogP contribution in [-0.4, -0.2) is 35.0 Å². The fourth-order valence-corrected chi connectivity index (χ4v) is 4.08. The van der Waals surface area contributed by atoms with E-state index in [-0.39, 0.29) is 27.4 Å². The molecule has 2 N–H and O–H groups in total. The first kappa shape index (κ1) is 17.7. The maximum atomic E-state index is 14.2. The Kier molecular flexibility index (Phi) is 4.04. The van der Waals surface area contributed by atoms with Gasteiger partial charge in [-0.2, -0.15) is 4.98 Å². The lowest BCUT2D eigenvalue weighted by atomic mass is 10.1. The number of ketones is 1. The van der Waals surface area contributed by atoms with E-state index in [0.29, 0.717) is 15.9 Å². The molecule has 0 saturated carbocycles. The summed E-state index contributed by atoms with van der Waals surface area (Å²) >= 11 is 1.00. The maximum absolute atomic E-state index is 14.2. The Morgan fingerprint density at radius 1 is 1.33 bits per heavy atom. The largest absolute Gasteiger partial charge is 0.434 e. The minimum atomic E-state index is -4.87. The Labute approximate surface area is 154 Å². The van der Waals surface area contributed by atoms with Gasteiger partial charge in [0.25, 0.3) is 5.89 Å². The number of fused-ring (bicyclic) bond motifs is 1. The Hall–Kier alpha value is -2.72. The van der Waals surface area contributed by atoms with Gasteiger partial charge >= 0.3 is 7.75 Å². The molecule has 1 aromatic carbocycles. The van der Waals surface area contributed by atoms with Gasteiger partial charge in [-0.3, -0.25) is 9.13 Å². The first-order valence-corrected chi connectivity index (χ1v) is 9.87. The van der Waals surface area contributed by atoms with Crippen molar-refractivity contribution in [2.75, 3.05) is 0 Å². The van der Waals surface area contributed by atoms with Gasteiger partial charge in [-0.05, 0) is 13.0 Å². The predicted octanol–water partition coefficient (Wildman–Crippen LogP) is 2.77. The normalized spacial score (nSPS) is 12.0. The maximum Gasteiger partial charge on any atom is 0.434 e. The van der Waals surface area contributed by atoms with E-state index in [1.807, 2.05) is 0 Å². The molecule has 9 nitrogen and oxygen atoms in total. The van der Waals surface area contributed by atoms with Gasteiger partial charge in [0.1, 0.15) is 11.5 Å². The van der Waals surface area contributed by atoms with Crippen molar-refractivity contribution in [3.05, 3.63) is 52.0 Å². The highest BCUT2D eigenvalue weighted by atomic mass is 32.1. The molecular weight excluding hydrogens is 398 g/mol. The molecule has 12 heteroatoms. The summed E-state index contributed by atoms with van der Waals surface area (Å²) in [6.07, 6.45) is 0.939. The zero-order valence-electron chi connectivity index (χ0n) is 13.5. The highest BCUT2D eigenvalue weighted by molar-refractivity contribution is 7.50. The number of rotatable bonds is 4. The summed E-state index contributed by atoms with van der Waals surface area (Å²) in [7, 11) is -4.87. The number of para-hydroxylation sites is 1. The molecule has 3 aromatic heterocycles. The molecule has 0 aliphatic heterocycles. The molecule has 3 heterocycles. The highest BCUT2D eigenvalue weighted by Gasteiger charge is 2.28. The average molecular weight is 408 g/mol. The fourth-order valence-electron chi connectivity index (χ4n) is 2.60. The summed E-state index contributed by atoms with van der Waals surface area (Å²) in [6, 6.07) is 3.82. The quantitative estimate of drug-likeness (QED) is 0.389. The van der Waals surface area contributed by atoms with Gasteiger partial charge in [0, 0.05) is 17.0 Å². The second-order valence-electron chi connectivity index (χ2n) is 5.55. The monoisotopic (exact) mass is 408 g/mol. The van der Waals surface area contributed by atoms with E-state index < -0.39 is 19.3 Å². The minimum absolute atomic E-state index is 0.0369. The van der Waals surface area contributed by atoms with Gasteiger partial charge in [-0.1, -0.05) is 17.3 Å². The van der Waals surface area contributed by atoms with Crippen LogP contribution >= 0.6 is 19.1 Å². The molecule has 4 aromatic rings. The number of thiazole rings is 1. The van der Waals surface area contributed by atoms with E-state index in [1.165, 1.54) is 12.1 Å². The predicted molar refractivity (Wildman–Crippen MR) is 92.9 cm³/mol. The Morgan fingerprint density at radius 2 is 2.11 bits per heavy atom. The molecule has 0 atom stereocenters. The smallest absolute Gasteiger partial charge is 0.332 e. The zero-order chi connectivity index (χ0) is 19.3. The Morgan fingerprint density at radius 3 is 2.78 bits per heavy atom. The topological polar surface area (TPSA) is 131 Å². The van der Waals surface area contributed by atoms with Crippen molar-refractivity contribution in [3.63, 3.8) is 0 Å². The van der Waals surface area contributed by atoms with Crippen LogP contribution in [0.5, 0.6) is 0 Å². The molecule has 0 aliphatic carbocycles. The van der Waals surface area contributed by atoms with Crippen molar-refractivity contribution in [1.82, 2.24) is 19.5 Å². The van der Waals surface area contributed by atoms with Gasteiger partial charge in [0.2, 0.25) is 5.78 Å². The number of hydrogen-bond acceptors (Lipinski definition) is 7. The number of aryl methyl sites for hydroxylation is 1. The third kappa shape index (κ3) is 3.00. The Balaban J connectivity index is 1.83. The van der Waals surface area contributed by atoms with Crippen molar-refractivity contribution >= 4 is 35.8 Å². The number of carbonyl (C=O) groups is 1. The van der Waals surface area contributed by atoms with Crippen LogP contribution in [-0.2, 0) is 4.57 Å². The first-order valence-electron chi connectivity index (χ1n) is 7.42. The lowest BCUT2D eigenvalue weighted by molar-refractivity contribution is 0.104. The zero-order valence-corrected chi connectivity index (χ0v) is 15.2. The molecule has 0 amide bonds. The van der Waals surface area contributed by atoms with E-state index in [2.05, 4.69) is 15.1 Å². The van der Waals surface area contributed by atoms with Crippen LogP contribution in [0.2, 0.25) is 0 Å². The van der Waals surface area contributed by atoms with E-state index >= 15 is 0 Å². The van der Waals surface area contributed by atoms with Crippen LogP contribution in [0.25, 0.3) is 22.5 Å². The van der Waals surface area contributed by atoms with Crippen LogP contribution < -0.4 is 0 Å². The van der Waals surface area contributed by atoms with Crippen molar-refractivity contribution in [1.29, 1.82) is 0 Å². The third-order valence-corrected chi connectivity index (χ3v) is 5.45. The van der Waals surface area contributed by atoms with Crippen molar-refractivity contribution in [2.24, 2.45) is 0 Å². The summed E-state index contributed by atoms with van der Waals surface area (Å²) in [6.45, 7) is 1.64. The lowest BCUT2D eigenvalue weighted by Crippen LogP contribution is -2.00. The molecule has 0 fully saturated rings. The van der Waals surface area contributed by atoms with Crippen LogP contribution in [0.1, 0.15) is 21.2 Å². The first-order chi connectivity index (χ1) is 12.8. The number of aromatic nitrogens is 4. The second-order valence-corrected chi connectivity index (χ2v) is 7.87. The van der Waals surface area contributed by atoms with E-state index in [1.54, 1.807) is 12.3 Å². The summed E-state index contributed by atoms with van der Waals surface area (Å²) in [5, 5.41) is 5.31. The van der Waals surface area contributed by atoms with Gasteiger partial charge < -0.3 is 14.3 Å². The van der Waals surface area contributed by atoms with E-state index in [9.17, 15) is 23.5 Å². The highest BCUT2D eigenvalue weighted by Crippen LogP contribution is 2.43. The van der Waals surface area contributed by atoms with Crippen LogP contribution in [0.3, 0.4) is 0 Å². The summed E-state index contributed by atoms with van der Waals surface area (Å²) < 4.78 is 31.3. The SMILES string of the molecule is Cc1noc(-c2csc(C(=O)c3cn(P(=O)(O)O)c4c(F)cccc34)n2)n1. The molecule has 0 saturated heterocycles. The third-order valence-electron chi connectivity index (χ3n) is 3.73. The van der Waals surface area contributed by atoms with Gasteiger partial charge in [-0.25, -0.2) is 13.9 Å². The van der Waals surface area contributed by atoms with Crippen molar-refractivity contribution < 1.29 is 28.1 Å². The molecule has 0 unspecified atom stereocenters. The number of nitrogens with zero attached hydrogens (tertiary/aromatic N) is 4. The number of carbonyl (C=O) groups excluding carboxylic acids is 1.